The van der Waals surface area contributed by atoms with Crippen LogP contribution in [0, 0.1) is 11.8 Å². The SMILES string of the molecule is CC[C@H](C(=O)NCC(=O)N(C)[C@H](CN(C)CC(=O)O)C(C)C)C(C)(C)c1ccccc1. The Labute approximate surface area is 186 Å². The van der Waals surface area contributed by atoms with E-state index in [0.29, 0.717) is 13.0 Å². The van der Waals surface area contributed by atoms with Crippen LogP contribution in [-0.2, 0) is 19.8 Å². The van der Waals surface area contributed by atoms with Crippen molar-refractivity contribution in [1.82, 2.24) is 15.1 Å². The van der Waals surface area contributed by atoms with Crippen molar-refractivity contribution in [3.63, 3.8) is 0 Å². The third-order valence-corrected chi connectivity index (χ3v) is 6.09. The van der Waals surface area contributed by atoms with Gasteiger partial charge in [0, 0.05) is 31.0 Å². The van der Waals surface area contributed by atoms with Gasteiger partial charge in [-0.3, -0.25) is 19.3 Å². The summed E-state index contributed by atoms with van der Waals surface area (Å²) in [6, 6.07) is 9.78. The zero-order valence-corrected chi connectivity index (χ0v) is 20.0. The van der Waals surface area contributed by atoms with Gasteiger partial charge in [0.05, 0.1) is 13.1 Å². The van der Waals surface area contributed by atoms with Crippen molar-refractivity contribution in [3.05, 3.63) is 35.9 Å². The van der Waals surface area contributed by atoms with Crippen LogP contribution in [0.1, 0.15) is 46.6 Å². The van der Waals surface area contributed by atoms with E-state index in [1.54, 1.807) is 23.9 Å². The summed E-state index contributed by atoms with van der Waals surface area (Å²) in [6.45, 7) is 10.4. The third kappa shape index (κ3) is 7.65. The van der Waals surface area contributed by atoms with Crippen LogP contribution in [-0.4, -0.2) is 72.5 Å². The number of rotatable bonds is 12. The van der Waals surface area contributed by atoms with Gasteiger partial charge >= 0.3 is 5.97 Å². The highest BCUT2D eigenvalue weighted by atomic mass is 16.4. The maximum absolute atomic E-state index is 13.0. The van der Waals surface area contributed by atoms with E-state index >= 15 is 0 Å². The van der Waals surface area contributed by atoms with E-state index in [1.807, 2.05) is 51.1 Å². The van der Waals surface area contributed by atoms with E-state index in [4.69, 9.17) is 5.11 Å². The molecule has 1 aromatic carbocycles. The lowest BCUT2D eigenvalue weighted by Crippen LogP contribution is -2.51. The molecular weight excluding hydrogens is 394 g/mol. The van der Waals surface area contributed by atoms with E-state index in [0.717, 1.165) is 5.56 Å². The average molecular weight is 434 g/mol. The Morgan fingerprint density at radius 1 is 1.10 bits per heavy atom. The second kappa shape index (κ2) is 11.8. The molecule has 0 spiro atoms. The molecule has 1 rings (SSSR count). The molecule has 0 bridgehead atoms. The van der Waals surface area contributed by atoms with E-state index in [9.17, 15) is 14.4 Å². The van der Waals surface area contributed by atoms with Gasteiger partial charge in [0.25, 0.3) is 0 Å². The van der Waals surface area contributed by atoms with Crippen molar-refractivity contribution in [2.75, 3.05) is 33.7 Å². The van der Waals surface area contributed by atoms with Gasteiger partial charge < -0.3 is 15.3 Å². The number of carbonyl (C=O) groups is 3. The fourth-order valence-electron chi connectivity index (χ4n) is 4.08. The average Bonchev–Trinajstić information content (AvgIpc) is 2.70. The summed E-state index contributed by atoms with van der Waals surface area (Å²) in [4.78, 5) is 40.0. The minimum Gasteiger partial charge on any atom is -0.480 e. The van der Waals surface area contributed by atoms with Gasteiger partial charge in [-0.05, 0) is 24.9 Å². The number of amides is 2. The lowest BCUT2D eigenvalue weighted by atomic mass is 9.71. The predicted molar refractivity (Wildman–Crippen MR) is 123 cm³/mol. The molecule has 0 aliphatic rings. The third-order valence-electron chi connectivity index (χ3n) is 6.09. The summed E-state index contributed by atoms with van der Waals surface area (Å²) in [5, 5.41) is 11.8. The van der Waals surface area contributed by atoms with Crippen LogP contribution in [0.5, 0.6) is 0 Å². The van der Waals surface area contributed by atoms with Crippen LogP contribution in [0.4, 0.5) is 0 Å². The first-order valence-corrected chi connectivity index (χ1v) is 10.9. The highest BCUT2D eigenvalue weighted by molar-refractivity contribution is 5.86. The molecule has 7 heteroatoms. The van der Waals surface area contributed by atoms with Gasteiger partial charge in [-0.25, -0.2) is 0 Å². The lowest BCUT2D eigenvalue weighted by molar-refractivity contribution is -0.138. The van der Waals surface area contributed by atoms with E-state index in [-0.39, 0.29) is 48.2 Å². The predicted octanol–water partition coefficient (Wildman–Crippen LogP) is 2.61. The number of carbonyl (C=O) groups excluding carboxylic acids is 2. The number of aliphatic carboxylic acids is 1. The molecule has 0 unspecified atom stereocenters. The first-order chi connectivity index (χ1) is 14.4. The Kier molecular flexibility index (Phi) is 10.2. The number of nitrogens with zero attached hydrogens (tertiary/aromatic N) is 2. The van der Waals surface area contributed by atoms with Crippen molar-refractivity contribution in [2.24, 2.45) is 11.8 Å². The van der Waals surface area contributed by atoms with Gasteiger partial charge in [0.15, 0.2) is 0 Å². The van der Waals surface area contributed by atoms with Gasteiger partial charge in [0.2, 0.25) is 11.8 Å². The summed E-state index contributed by atoms with van der Waals surface area (Å²) in [6.07, 6.45) is 0.659. The number of hydrogen-bond donors (Lipinski definition) is 2. The number of benzene rings is 1. The normalized spacial score (nSPS) is 13.7. The summed E-state index contributed by atoms with van der Waals surface area (Å²) >= 11 is 0. The molecule has 174 valence electrons. The highest BCUT2D eigenvalue weighted by Gasteiger charge is 2.35. The van der Waals surface area contributed by atoms with Gasteiger partial charge in [-0.1, -0.05) is 65.0 Å². The van der Waals surface area contributed by atoms with E-state index in [1.165, 1.54) is 0 Å². The molecule has 31 heavy (non-hydrogen) atoms. The summed E-state index contributed by atoms with van der Waals surface area (Å²) in [7, 11) is 3.43. The molecule has 0 fully saturated rings. The molecule has 0 aromatic heterocycles. The molecule has 0 aliphatic heterocycles. The van der Waals surface area contributed by atoms with Crippen molar-refractivity contribution in [3.8, 4) is 0 Å². The standard InChI is InChI=1S/C24H39N3O4/c1-8-19(24(4,5)18-12-10-9-11-13-18)23(31)25-14-21(28)27(7)20(17(2)3)15-26(6)16-22(29)30/h9-13,17,19-20H,8,14-16H2,1-7H3,(H,25,31)(H,29,30)/t19-,20-/m1/s1. The van der Waals surface area contributed by atoms with E-state index < -0.39 is 5.97 Å². The van der Waals surface area contributed by atoms with Crippen LogP contribution in [0.2, 0.25) is 0 Å². The van der Waals surface area contributed by atoms with Gasteiger partial charge in [-0.2, -0.15) is 0 Å². The van der Waals surface area contributed by atoms with Crippen LogP contribution < -0.4 is 5.32 Å². The van der Waals surface area contributed by atoms with Crippen LogP contribution in [0.3, 0.4) is 0 Å². The highest BCUT2D eigenvalue weighted by Crippen LogP contribution is 2.33. The van der Waals surface area contributed by atoms with Crippen molar-refractivity contribution in [2.45, 2.75) is 52.5 Å². The number of nitrogens with one attached hydrogen (secondary N) is 1. The number of carboxylic acid groups (broad SMARTS) is 1. The number of carboxylic acids is 1. The van der Waals surface area contributed by atoms with Crippen LogP contribution >= 0.6 is 0 Å². The largest absolute Gasteiger partial charge is 0.480 e. The Morgan fingerprint density at radius 3 is 2.16 bits per heavy atom. The Bertz CT molecular complexity index is 734. The molecule has 0 radical (unpaired) electrons. The quantitative estimate of drug-likeness (QED) is 0.529. The minimum absolute atomic E-state index is 0.0808. The van der Waals surface area contributed by atoms with E-state index in [2.05, 4.69) is 19.2 Å². The first-order valence-electron chi connectivity index (χ1n) is 10.9. The fraction of sp³-hybridized carbons (Fsp3) is 0.625. The molecule has 0 saturated carbocycles. The molecule has 2 N–H and O–H groups in total. The Hall–Kier alpha value is -2.41. The molecule has 0 aliphatic carbocycles. The first kappa shape index (κ1) is 26.6. The van der Waals surface area contributed by atoms with Crippen LogP contribution in [0.15, 0.2) is 30.3 Å². The second-order valence-corrected chi connectivity index (χ2v) is 9.17. The molecule has 0 saturated heterocycles. The minimum atomic E-state index is -0.905. The topological polar surface area (TPSA) is 90.0 Å². The maximum Gasteiger partial charge on any atom is 0.317 e. The van der Waals surface area contributed by atoms with Crippen LogP contribution in [0.25, 0.3) is 0 Å². The zero-order valence-electron chi connectivity index (χ0n) is 20.0. The number of likely N-dealkylation sites (N-methyl/N-ethyl adjacent to an activating group) is 2. The fourth-order valence-corrected chi connectivity index (χ4v) is 4.08. The van der Waals surface area contributed by atoms with Crippen molar-refractivity contribution >= 4 is 17.8 Å². The molecule has 7 nitrogen and oxygen atoms in total. The zero-order chi connectivity index (χ0) is 23.8. The summed E-state index contributed by atoms with van der Waals surface area (Å²) in [5.41, 5.74) is 0.719. The van der Waals surface area contributed by atoms with Gasteiger partial charge in [-0.15, -0.1) is 0 Å². The summed E-state index contributed by atoms with van der Waals surface area (Å²) < 4.78 is 0. The van der Waals surface area contributed by atoms with Crippen molar-refractivity contribution in [1.29, 1.82) is 0 Å². The number of hydrogen-bond acceptors (Lipinski definition) is 4. The van der Waals surface area contributed by atoms with Gasteiger partial charge in [0.1, 0.15) is 0 Å². The maximum atomic E-state index is 13.0. The molecule has 2 amide bonds. The monoisotopic (exact) mass is 433 g/mol. The Balaban J connectivity index is 2.79. The smallest absolute Gasteiger partial charge is 0.317 e. The molecule has 1 aromatic rings. The molecular formula is C24H39N3O4. The second-order valence-electron chi connectivity index (χ2n) is 9.17. The lowest BCUT2D eigenvalue weighted by Gasteiger charge is -2.35. The van der Waals surface area contributed by atoms with Crippen molar-refractivity contribution < 1.29 is 19.5 Å². The Morgan fingerprint density at radius 2 is 1.68 bits per heavy atom. The molecule has 2 atom stereocenters. The molecule has 0 heterocycles. The summed E-state index contributed by atoms with van der Waals surface area (Å²) in [5.74, 6) is -1.36.